The molecule has 0 atom stereocenters. The first-order valence-electron chi connectivity index (χ1n) is 6.47. The average Bonchev–Trinajstić information content (AvgIpc) is 2.46. The quantitative estimate of drug-likeness (QED) is 0.710. The molecule has 0 bridgehead atoms. The Bertz CT molecular complexity index is 874. The van der Waals surface area contributed by atoms with Crippen molar-refractivity contribution < 1.29 is 0 Å². The Morgan fingerprint density at radius 2 is 1.95 bits per heavy atom. The number of rotatable bonds is 2. The molecule has 0 saturated heterocycles. The molecule has 1 aromatic carbocycles. The van der Waals surface area contributed by atoms with Crippen LogP contribution in [0.1, 0.15) is 11.3 Å². The summed E-state index contributed by atoms with van der Waals surface area (Å²) in [6.07, 6.45) is 0. The molecular formula is C15H14N4OS. The van der Waals surface area contributed by atoms with E-state index in [1.54, 1.807) is 10.6 Å². The largest absolute Gasteiger partial charge is 0.368 e. The van der Waals surface area contributed by atoms with Crippen molar-refractivity contribution in [3.8, 4) is 0 Å². The van der Waals surface area contributed by atoms with Crippen LogP contribution in [0, 0.1) is 6.92 Å². The first kappa shape index (κ1) is 13.6. The van der Waals surface area contributed by atoms with Gasteiger partial charge < -0.3 is 5.73 Å². The predicted molar refractivity (Wildman–Crippen MR) is 85.7 cm³/mol. The fourth-order valence-electron chi connectivity index (χ4n) is 2.31. The van der Waals surface area contributed by atoms with E-state index >= 15 is 0 Å². The van der Waals surface area contributed by atoms with Crippen molar-refractivity contribution in [2.24, 2.45) is 0 Å². The number of benzene rings is 1. The summed E-state index contributed by atoms with van der Waals surface area (Å²) in [4.78, 5) is 21.1. The highest BCUT2D eigenvalue weighted by Gasteiger charge is 2.12. The number of aryl methyl sites for hydroxylation is 1. The second kappa shape index (κ2) is 5.21. The number of nitrogens with zero attached hydrogens (tertiary/aromatic N) is 3. The van der Waals surface area contributed by atoms with Crippen LogP contribution in [0.4, 0.5) is 5.95 Å². The van der Waals surface area contributed by atoms with Crippen molar-refractivity contribution in [1.82, 2.24) is 14.5 Å². The maximum Gasteiger partial charge on any atom is 0.265 e. The fourth-order valence-corrected chi connectivity index (χ4v) is 2.56. The number of pyridine rings is 1. The zero-order valence-electron chi connectivity index (χ0n) is 11.4. The number of aromatic nitrogens is 3. The van der Waals surface area contributed by atoms with E-state index in [4.69, 9.17) is 5.73 Å². The van der Waals surface area contributed by atoms with Crippen LogP contribution >= 0.6 is 12.6 Å². The molecule has 5 nitrogen and oxygen atoms in total. The fraction of sp³-hybridized carbons (Fsp3) is 0.133. The third-order valence-electron chi connectivity index (χ3n) is 3.32. The average molecular weight is 298 g/mol. The summed E-state index contributed by atoms with van der Waals surface area (Å²) in [7, 11) is 0. The Kier molecular flexibility index (Phi) is 3.39. The Morgan fingerprint density at radius 1 is 1.24 bits per heavy atom. The second-order valence-corrected chi connectivity index (χ2v) is 5.29. The highest BCUT2D eigenvalue weighted by Crippen LogP contribution is 2.18. The zero-order valence-corrected chi connectivity index (χ0v) is 12.3. The number of anilines is 1. The van der Waals surface area contributed by atoms with Gasteiger partial charge in [-0.15, -0.1) is 12.6 Å². The van der Waals surface area contributed by atoms with Gasteiger partial charge in [0.05, 0.1) is 17.1 Å². The topological polar surface area (TPSA) is 73.8 Å². The lowest BCUT2D eigenvalue weighted by molar-refractivity contribution is 0.764. The molecule has 0 radical (unpaired) electrons. The summed E-state index contributed by atoms with van der Waals surface area (Å²) in [5.74, 6) is 0.160. The van der Waals surface area contributed by atoms with Gasteiger partial charge in [0.15, 0.2) is 0 Å². The molecule has 0 amide bonds. The molecule has 0 aliphatic heterocycles. The Morgan fingerprint density at radius 3 is 2.67 bits per heavy atom. The smallest absolute Gasteiger partial charge is 0.265 e. The normalized spacial score (nSPS) is 11.0. The van der Waals surface area contributed by atoms with Crippen molar-refractivity contribution in [1.29, 1.82) is 0 Å². The highest BCUT2D eigenvalue weighted by molar-refractivity contribution is 7.80. The molecule has 0 aliphatic carbocycles. The highest BCUT2D eigenvalue weighted by atomic mass is 32.1. The van der Waals surface area contributed by atoms with E-state index in [0.29, 0.717) is 17.1 Å². The standard InChI is InChI=1S/C15H14N4OS/c1-9-11-7-12(21)14(20)19(13(11)18-15(16)17-9)8-10-5-3-2-4-6-10/h2-7,21H,8H2,1H3,(H2,16,17,18). The van der Waals surface area contributed by atoms with Crippen LogP contribution in [0.25, 0.3) is 11.0 Å². The first-order chi connectivity index (χ1) is 10.1. The molecule has 0 aliphatic rings. The van der Waals surface area contributed by atoms with E-state index in [-0.39, 0.29) is 11.5 Å². The monoisotopic (exact) mass is 298 g/mol. The van der Waals surface area contributed by atoms with Crippen LogP contribution in [0.3, 0.4) is 0 Å². The summed E-state index contributed by atoms with van der Waals surface area (Å²) >= 11 is 4.26. The van der Waals surface area contributed by atoms with E-state index < -0.39 is 0 Å². The van der Waals surface area contributed by atoms with Crippen molar-refractivity contribution in [2.45, 2.75) is 18.4 Å². The molecule has 0 spiro atoms. The molecular weight excluding hydrogens is 284 g/mol. The molecule has 2 aromatic heterocycles. The van der Waals surface area contributed by atoms with Crippen molar-refractivity contribution in [3.63, 3.8) is 0 Å². The number of fused-ring (bicyclic) bond motifs is 1. The van der Waals surface area contributed by atoms with Gasteiger partial charge in [0.25, 0.3) is 5.56 Å². The number of hydrogen-bond acceptors (Lipinski definition) is 5. The van der Waals surface area contributed by atoms with Gasteiger partial charge in [-0.2, -0.15) is 4.98 Å². The minimum Gasteiger partial charge on any atom is -0.368 e. The predicted octanol–water partition coefficient (Wildman–Crippen LogP) is 2.02. The molecule has 21 heavy (non-hydrogen) atoms. The summed E-state index contributed by atoms with van der Waals surface area (Å²) in [5.41, 5.74) is 7.80. The molecule has 0 saturated carbocycles. The third kappa shape index (κ3) is 2.50. The molecule has 0 fully saturated rings. The van der Waals surface area contributed by atoms with Gasteiger partial charge in [-0.05, 0) is 18.6 Å². The summed E-state index contributed by atoms with van der Waals surface area (Å²) in [6, 6.07) is 11.4. The van der Waals surface area contributed by atoms with Gasteiger partial charge in [0.2, 0.25) is 5.95 Å². The van der Waals surface area contributed by atoms with Crippen LogP contribution < -0.4 is 11.3 Å². The Labute approximate surface area is 126 Å². The third-order valence-corrected chi connectivity index (χ3v) is 3.64. The van der Waals surface area contributed by atoms with Crippen LogP contribution in [-0.4, -0.2) is 14.5 Å². The van der Waals surface area contributed by atoms with E-state index in [0.717, 1.165) is 16.6 Å². The van der Waals surface area contributed by atoms with Crippen LogP contribution in [0.15, 0.2) is 46.1 Å². The summed E-state index contributed by atoms with van der Waals surface area (Å²) < 4.78 is 1.58. The Hall–Kier alpha value is -2.34. The summed E-state index contributed by atoms with van der Waals surface area (Å²) in [5, 5.41) is 0.782. The van der Waals surface area contributed by atoms with Gasteiger partial charge in [0.1, 0.15) is 5.65 Å². The maximum atomic E-state index is 12.4. The Balaban J connectivity index is 2.29. The second-order valence-electron chi connectivity index (χ2n) is 4.81. The number of nitrogens with two attached hydrogens (primary N) is 1. The van der Waals surface area contributed by atoms with E-state index in [1.165, 1.54) is 0 Å². The van der Waals surface area contributed by atoms with Crippen LogP contribution in [0.2, 0.25) is 0 Å². The maximum absolute atomic E-state index is 12.4. The van der Waals surface area contributed by atoms with Crippen molar-refractivity contribution in [2.75, 3.05) is 5.73 Å². The van der Waals surface area contributed by atoms with E-state index in [2.05, 4.69) is 22.6 Å². The lowest BCUT2D eigenvalue weighted by Gasteiger charge is -2.12. The minimum atomic E-state index is -0.188. The number of thiol groups is 1. The van der Waals surface area contributed by atoms with E-state index in [1.807, 2.05) is 37.3 Å². The van der Waals surface area contributed by atoms with Crippen LogP contribution in [-0.2, 0) is 6.54 Å². The lowest BCUT2D eigenvalue weighted by atomic mass is 10.2. The van der Waals surface area contributed by atoms with Crippen molar-refractivity contribution in [3.05, 3.63) is 58.0 Å². The number of hydrogen-bond donors (Lipinski definition) is 2. The van der Waals surface area contributed by atoms with E-state index in [9.17, 15) is 4.79 Å². The van der Waals surface area contributed by atoms with Gasteiger partial charge in [0, 0.05) is 5.39 Å². The van der Waals surface area contributed by atoms with Crippen molar-refractivity contribution >= 4 is 29.6 Å². The molecule has 2 N–H and O–H groups in total. The molecule has 3 rings (SSSR count). The first-order valence-corrected chi connectivity index (χ1v) is 6.91. The zero-order chi connectivity index (χ0) is 15.0. The van der Waals surface area contributed by atoms with Gasteiger partial charge in [-0.1, -0.05) is 30.3 Å². The van der Waals surface area contributed by atoms with Crippen LogP contribution in [0.5, 0.6) is 0 Å². The molecule has 2 heterocycles. The minimum absolute atomic E-state index is 0.160. The number of nitrogen functional groups attached to an aromatic ring is 1. The molecule has 0 unspecified atom stereocenters. The van der Waals surface area contributed by atoms with Gasteiger partial charge in [-0.3, -0.25) is 9.36 Å². The van der Waals surface area contributed by atoms with Gasteiger partial charge in [-0.25, -0.2) is 4.98 Å². The lowest BCUT2D eigenvalue weighted by Crippen LogP contribution is -2.23. The summed E-state index contributed by atoms with van der Waals surface area (Å²) in [6.45, 7) is 2.26. The molecule has 106 valence electrons. The van der Waals surface area contributed by atoms with Gasteiger partial charge >= 0.3 is 0 Å². The molecule has 3 aromatic rings. The molecule has 6 heteroatoms. The SMILES string of the molecule is Cc1nc(N)nc2c1cc(S)c(=O)n2Cc1ccccc1.